The fourth-order valence-electron chi connectivity index (χ4n) is 4.33. The van der Waals surface area contributed by atoms with E-state index >= 15 is 0 Å². The van der Waals surface area contributed by atoms with Gasteiger partial charge in [-0.1, -0.05) is 6.92 Å². The van der Waals surface area contributed by atoms with Crippen molar-refractivity contribution in [1.29, 1.82) is 0 Å². The number of morpholine rings is 1. The molecule has 1 aromatic heterocycles. The van der Waals surface area contributed by atoms with Gasteiger partial charge in [-0.3, -0.25) is 4.79 Å². The predicted octanol–water partition coefficient (Wildman–Crippen LogP) is 2.99. The third-order valence-corrected chi connectivity index (χ3v) is 6.06. The summed E-state index contributed by atoms with van der Waals surface area (Å²) < 4.78 is 13.0. The van der Waals surface area contributed by atoms with E-state index in [-0.39, 0.29) is 5.91 Å². The largest absolute Gasteiger partial charge is 0.494 e. The number of rotatable bonds is 8. The van der Waals surface area contributed by atoms with Gasteiger partial charge in [0.05, 0.1) is 37.3 Å². The second-order valence-electron chi connectivity index (χ2n) is 8.01. The highest BCUT2D eigenvalue weighted by Gasteiger charge is 2.22. The molecule has 0 N–H and O–H groups in total. The first-order valence-corrected chi connectivity index (χ1v) is 11.1. The van der Waals surface area contributed by atoms with Crippen LogP contribution < -0.4 is 4.74 Å². The third kappa shape index (κ3) is 5.02. The van der Waals surface area contributed by atoms with Crippen LogP contribution in [0.15, 0.2) is 36.7 Å². The van der Waals surface area contributed by atoms with Crippen molar-refractivity contribution in [3.8, 4) is 11.4 Å². The van der Waals surface area contributed by atoms with Crippen molar-refractivity contribution in [2.45, 2.75) is 38.6 Å². The van der Waals surface area contributed by atoms with Crippen LogP contribution >= 0.6 is 0 Å². The van der Waals surface area contributed by atoms with Crippen LogP contribution in [0.1, 0.15) is 43.0 Å². The van der Waals surface area contributed by atoms with Crippen molar-refractivity contribution < 1.29 is 14.3 Å². The first-order chi connectivity index (χ1) is 14.7. The smallest absolute Gasteiger partial charge is 0.257 e. The SMILES string of the molecule is CCC1CCCN1CCCOc1ccc(-n2cc(C(=O)N3CCOCC3)cn2)cc1. The standard InChI is InChI=1S/C23H32N4O3/c1-2-20-5-3-10-25(20)11-4-14-30-22-8-6-21(7-9-22)27-18-19(17-24-27)23(28)26-12-15-29-16-13-26/h6-9,17-18,20H,2-5,10-16H2,1H3. The van der Waals surface area contributed by atoms with Gasteiger partial charge in [0, 0.05) is 31.9 Å². The fourth-order valence-corrected chi connectivity index (χ4v) is 4.33. The maximum Gasteiger partial charge on any atom is 0.257 e. The Hall–Kier alpha value is -2.38. The minimum absolute atomic E-state index is 0.00724. The van der Waals surface area contributed by atoms with E-state index in [9.17, 15) is 4.79 Å². The lowest BCUT2D eigenvalue weighted by molar-refractivity contribution is 0.0303. The molecule has 2 aliphatic rings. The second-order valence-corrected chi connectivity index (χ2v) is 8.01. The molecule has 2 saturated heterocycles. The Kier molecular flexibility index (Phi) is 7.02. The first kappa shape index (κ1) is 20.9. The molecule has 0 radical (unpaired) electrons. The van der Waals surface area contributed by atoms with Gasteiger partial charge in [-0.15, -0.1) is 0 Å². The first-order valence-electron chi connectivity index (χ1n) is 11.1. The maximum absolute atomic E-state index is 12.6. The number of amides is 1. The molecule has 30 heavy (non-hydrogen) atoms. The number of benzene rings is 1. The van der Waals surface area contributed by atoms with Crippen LogP contribution in [-0.2, 0) is 4.74 Å². The number of ether oxygens (including phenoxy) is 2. The summed E-state index contributed by atoms with van der Waals surface area (Å²) >= 11 is 0. The number of aromatic nitrogens is 2. The highest BCUT2D eigenvalue weighted by atomic mass is 16.5. The highest BCUT2D eigenvalue weighted by molar-refractivity contribution is 5.93. The average Bonchev–Trinajstić information content (AvgIpc) is 3.47. The van der Waals surface area contributed by atoms with E-state index in [1.165, 1.54) is 25.8 Å². The van der Waals surface area contributed by atoms with Crippen LogP contribution in [0.4, 0.5) is 0 Å². The lowest BCUT2D eigenvalue weighted by Gasteiger charge is -2.26. The average molecular weight is 413 g/mol. The Morgan fingerprint density at radius 3 is 2.77 bits per heavy atom. The molecule has 1 amide bonds. The molecule has 2 aromatic rings. The van der Waals surface area contributed by atoms with Crippen molar-refractivity contribution in [2.24, 2.45) is 0 Å². The van der Waals surface area contributed by atoms with Crippen LogP contribution in [0.25, 0.3) is 5.69 Å². The molecule has 2 aliphatic heterocycles. The van der Waals surface area contributed by atoms with E-state index < -0.39 is 0 Å². The van der Waals surface area contributed by atoms with E-state index in [1.807, 2.05) is 29.2 Å². The van der Waals surface area contributed by atoms with E-state index in [4.69, 9.17) is 9.47 Å². The normalized spacial score (nSPS) is 19.9. The number of carbonyl (C=O) groups excluding carboxylic acids is 1. The molecule has 2 fully saturated rings. The number of nitrogens with zero attached hydrogens (tertiary/aromatic N) is 4. The summed E-state index contributed by atoms with van der Waals surface area (Å²) in [5, 5.41) is 4.36. The van der Waals surface area contributed by atoms with Gasteiger partial charge in [-0.2, -0.15) is 5.10 Å². The second kappa shape index (κ2) is 10.1. The highest BCUT2D eigenvalue weighted by Crippen LogP contribution is 2.20. The lowest BCUT2D eigenvalue weighted by Crippen LogP contribution is -2.40. The van der Waals surface area contributed by atoms with Gasteiger partial charge in [-0.05, 0) is 56.5 Å². The summed E-state index contributed by atoms with van der Waals surface area (Å²) in [7, 11) is 0. The molecular weight excluding hydrogens is 380 g/mol. The Morgan fingerprint density at radius 1 is 1.20 bits per heavy atom. The van der Waals surface area contributed by atoms with Gasteiger partial charge < -0.3 is 19.3 Å². The van der Waals surface area contributed by atoms with Gasteiger partial charge in [0.25, 0.3) is 5.91 Å². The van der Waals surface area contributed by atoms with Gasteiger partial charge in [-0.25, -0.2) is 4.68 Å². The molecule has 0 spiro atoms. The predicted molar refractivity (Wildman–Crippen MR) is 115 cm³/mol. The molecule has 1 aromatic carbocycles. The minimum Gasteiger partial charge on any atom is -0.494 e. The van der Waals surface area contributed by atoms with Gasteiger partial charge in [0.1, 0.15) is 5.75 Å². The van der Waals surface area contributed by atoms with Gasteiger partial charge in [0.15, 0.2) is 0 Å². The Labute approximate surface area is 178 Å². The van der Waals surface area contributed by atoms with Crippen molar-refractivity contribution >= 4 is 5.91 Å². The Morgan fingerprint density at radius 2 is 2.00 bits per heavy atom. The number of carbonyl (C=O) groups is 1. The molecule has 7 nitrogen and oxygen atoms in total. The molecule has 4 rings (SSSR count). The zero-order chi connectivity index (χ0) is 20.8. The molecule has 1 unspecified atom stereocenters. The molecule has 1 atom stereocenters. The number of hydrogen-bond acceptors (Lipinski definition) is 5. The van der Waals surface area contributed by atoms with E-state index in [0.29, 0.717) is 31.9 Å². The summed E-state index contributed by atoms with van der Waals surface area (Å²) in [6.07, 6.45) is 8.37. The molecule has 0 saturated carbocycles. The fraction of sp³-hybridized carbons (Fsp3) is 0.565. The Bertz CT molecular complexity index is 814. The minimum atomic E-state index is 0.00724. The summed E-state index contributed by atoms with van der Waals surface area (Å²) in [6, 6.07) is 8.63. The van der Waals surface area contributed by atoms with Gasteiger partial charge >= 0.3 is 0 Å². The van der Waals surface area contributed by atoms with Crippen LogP contribution in [0.2, 0.25) is 0 Å². The van der Waals surface area contributed by atoms with Crippen molar-refractivity contribution in [2.75, 3.05) is 46.0 Å². The van der Waals surface area contributed by atoms with Crippen LogP contribution in [0.5, 0.6) is 5.75 Å². The van der Waals surface area contributed by atoms with Crippen molar-refractivity contribution in [1.82, 2.24) is 19.6 Å². The molecule has 0 bridgehead atoms. The summed E-state index contributed by atoms with van der Waals surface area (Å²) in [6.45, 7) is 7.81. The summed E-state index contributed by atoms with van der Waals surface area (Å²) in [5.41, 5.74) is 1.51. The monoisotopic (exact) mass is 412 g/mol. The third-order valence-electron chi connectivity index (χ3n) is 6.06. The van der Waals surface area contributed by atoms with Crippen LogP contribution in [-0.4, -0.2) is 77.5 Å². The van der Waals surface area contributed by atoms with Crippen LogP contribution in [0.3, 0.4) is 0 Å². The zero-order valence-corrected chi connectivity index (χ0v) is 17.8. The van der Waals surface area contributed by atoms with Crippen molar-refractivity contribution in [3.63, 3.8) is 0 Å². The summed E-state index contributed by atoms with van der Waals surface area (Å²) in [4.78, 5) is 17.0. The number of likely N-dealkylation sites (tertiary alicyclic amines) is 1. The van der Waals surface area contributed by atoms with E-state index in [1.54, 1.807) is 17.1 Å². The summed E-state index contributed by atoms with van der Waals surface area (Å²) in [5.74, 6) is 0.872. The Balaban J connectivity index is 1.26. The molecule has 7 heteroatoms. The molecule has 3 heterocycles. The maximum atomic E-state index is 12.6. The lowest BCUT2D eigenvalue weighted by atomic mass is 10.2. The van der Waals surface area contributed by atoms with Crippen molar-refractivity contribution in [3.05, 3.63) is 42.2 Å². The van der Waals surface area contributed by atoms with E-state index in [0.717, 1.165) is 37.1 Å². The zero-order valence-electron chi connectivity index (χ0n) is 17.8. The number of hydrogen-bond donors (Lipinski definition) is 0. The van der Waals surface area contributed by atoms with E-state index in [2.05, 4.69) is 16.9 Å². The molecule has 0 aliphatic carbocycles. The molecular formula is C23H32N4O3. The quantitative estimate of drug-likeness (QED) is 0.624. The topological polar surface area (TPSA) is 59.8 Å². The molecule has 162 valence electrons. The van der Waals surface area contributed by atoms with Gasteiger partial charge in [0.2, 0.25) is 0 Å². The van der Waals surface area contributed by atoms with Crippen LogP contribution in [0, 0.1) is 0 Å².